The number of aromatic nitrogens is 6. The van der Waals surface area contributed by atoms with Crippen molar-refractivity contribution in [2.24, 2.45) is 0 Å². The van der Waals surface area contributed by atoms with E-state index in [2.05, 4.69) is 244 Å². The van der Waals surface area contributed by atoms with Crippen LogP contribution in [0.5, 0.6) is 0 Å². The minimum Gasteiger partial charge on any atom is -0.456 e. The molecule has 0 amide bonds. The van der Waals surface area contributed by atoms with Crippen molar-refractivity contribution in [2.75, 3.05) is 0 Å². The molecule has 27 rings (SSSR count). The molecule has 27 aromatic rings. The van der Waals surface area contributed by atoms with Gasteiger partial charge >= 0.3 is 0 Å². The fourth-order valence-corrected chi connectivity index (χ4v) is 20.2. The van der Waals surface area contributed by atoms with E-state index >= 15 is 0 Å². The Morgan fingerprint density at radius 1 is 0.169 bits per heavy atom. The Bertz CT molecular complexity index is 10100. The molecule has 658 valence electrons. The molecule has 0 spiro atoms. The second-order valence-corrected chi connectivity index (χ2v) is 35.3. The highest BCUT2D eigenvalue weighted by Crippen LogP contribution is 2.45. The highest BCUT2D eigenvalue weighted by atomic mass is 16.3. The topological polar surface area (TPSA) is 212 Å². The van der Waals surface area contributed by atoms with E-state index in [9.17, 15) is 26.3 Å². The van der Waals surface area contributed by atoms with Gasteiger partial charge in [-0.1, -0.05) is 206 Å². The minimum atomic E-state index is 0.583. The summed E-state index contributed by atoms with van der Waals surface area (Å²) in [4.78, 5) is 15.3. The van der Waals surface area contributed by atoms with Crippen LogP contribution in [-0.4, -0.2) is 28.7 Å². The number of nitrogens with zero attached hydrogens (tertiary/aromatic N) is 11. The van der Waals surface area contributed by atoms with Crippen LogP contribution in [0.25, 0.3) is 249 Å². The summed E-state index contributed by atoms with van der Waals surface area (Å²) in [6, 6.07) is 161. The summed E-state index contributed by atoms with van der Waals surface area (Å²) in [5, 5.41) is 61.1. The Morgan fingerprint density at radius 3 is 0.866 bits per heavy atom. The quantitative estimate of drug-likeness (QED) is 0.112. The predicted octanol–water partition coefficient (Wildman–Crippen LogP) is 32.6. The van der Waals surface area contributed by atoms with Crippen LogP contribution in [0.15, 0.2) is 456 Å². The zero-order valence-corrected chi connectivity index (χ0v) is 75.8. The molecule has 0 aliphatic rings. The average molecular weight is 1810 g/mol. The van der Waals surface area contributed by atoms with Gasteiger partial charge in [-0.05, 0) is 270 Å². The number of fused-ring (bicyclic) bond motifs is 18. The van der Waals surface area contributed by atoms with Gasteiger partial charge in [-0.25, -0.2) is 15.0 Å². The summed E-state index contributed by atoms with van der Waals surface area (Å²) < 4.78 is 25.3. The standard InChI is InChI=1S/2C43H24N4O.C42H25N3O/c44-25-27-7-5-8-30(19-27)38-11-6-12-39(46-38)32-21-31(29-16-18-43-37(24-29)35-10-2-4-14-42(35)48-43)22-33(23-32)47-40-13-3-1-9-34(40)36-20-28(26-45)15-17-41(36)47;44-25-27-16-18-41-36(20-27)34-10-3-5-14-40(34)47(41)32-22-30(28-17-19-43-37(24-28)35-11-4-6-15-42(35)48-43)21-31(23-32)38-12-7-13-39(46-38)33-9-2-1-8-29(33)26-45;43-26-27-16-18-28(19-17-27)37-11-7-12-38(44-37)31-22-30(29-20-21-42-36(25-29)35-10-3-6-15-41(35)46-42)23-32(24-31)45-39-13-4-1-8-33(39)34-9-2-5-14-40(34)45/h2*1-24H;1-25H. The molecule has 0 atom stereocenters. The maximum atomic E-state index is 9.80. The number of benzene rings is 18. The molecule has 0 fully saturated rings. The SMILES string of the molecule is N#Cc1ccc(-c2cccc(-c3cc(-c4ccc5oc6ccccc6c5c4)cc(-n4c5ccccc5c5ccccc54)c3)n2)cc1.N#Cc1ccc2c(c1)c1ccccc1n2-c1cc(-c2ccc3oc4ccccc4c3c2)cc(-c2cccc(-c3ccccc3C#N)n2)c1.N#Cc1cccc(-c2cccc(-c3cc(-c4ccc5oc6ccccc6c5c4)cc(-n4c5ccccc5c5cc(C#N)ccc54)c3)n2)c1. The maximum absolute atomic E-state index is 9.80. The molecule has 14 heteroatoms. The third-order valence-corrected chi connectivity index (χ3v) is 26.9. The molecule has 14 nitrogen and oxygen atoms in total. The summed E-state index contributed by atoms with van der Waals surface area (Å²) in [6.45, 7) is 0. The van der Waals surface area contributed by atoms with Gasteiger partial charge in [-0.15, -0.1) is 0 Å². The van der Waals surface area contributed by atoms with Crippen LogP contribution in [0, 0.1) is 56.7 Å². The molecule has 0 N–H and O–H groups in total. The highest BCUT2D eigenvalue weighted by Gasteiger charge is 2.24. The van der Waals surface area contributed by atoms with E-state index in [1.807, 2.05) is 237 Å². The Kier molecular flexibility index (Phi) is 20.5. The first kappa shape index (κ1) is 83.5. The Hall–Kier alpha value is -20.3. The van der Waals surface area contributed by atoms with E-state index in [-0.39, 0.29) is 0 Å². The largest absolute Gasteiger partial charge is 0.456 e. The van der Waals surface area contributed by atoms with Crippen LogP contribution in [0.2, 0.25) is 0 Å². The predicted molar refractivity (Wildman–Crippen MR) is 570 cm³/mol. The van der Waals surface area contributed by atoms with Crippen molar-refractivity contribution in [2.45, 2.75) is 0 Å². The molecule has 0 aliphatic carbocycles. The lowest BCUT2D eigenvalue weighted by Crippen LogP contribution is -1.97. The van der Waals surface area contributed by atoms with E-state index in [4.69, 9.17) is 28.2 Å². The molecular formula is C128H73N11O3. The van der Waals surface area contributed by atoms with Crippen molar-refractivity contribution in [3.63, 3.8) is 0 Å². The fraction of sp³-hybridized carbons (Fsp3) is 0. The monoisotopic (exact) mass is 1810 g/mol. The van der Waals surface area contributed by atoms with Gasteiger partial charge in [0, 0.05) is 115 Å². The zero-order chi connectivity index (χ0) is 95.0. The van der Waals surface area contributed by atoms with Gasteiger partial charge in [0.1, 0.15) is 33.5 Å². The van der Waals surface area contributed by atoms with Crippen LogP contribution < -0.4 is 0 Å². The van der Waals surface area contributed by atoms with Crippen molar-refractivity contribution in [1.29, 1.82) is 26.3 Å². The van der Waals surface area contributed by atoms with E-state index in [1.54, 1.807) is 6.07 Å². The van der Waals surface area contributed by atoms with Crippen molar-refractivity contribution < 1.29 is 13.3 Å². The van der Waals surface area contributed by atoms with E-state index < -0.39 is 0 Å². The molecular weight excluding hydrogens is 1740 g/mol. The number of para-hydroxylation sites is 7. The van der Waals surface area contributed by atoms with Gasteiger partial charge in [-0.2, -0.15) is 26.3 Å². The van der Waals surface area contributed by atoms with E-state index in [0.29, 0.717) is 27.8 Å². The summed E-state index contributed by atoms with van der Waals surface area (Å²) in [5.41, 5.74) is 34.5. The Morgan fingerprint density at radius 2 is 0.465 bits per heavy atom. The van der Waals surface area contributed by atoms with Gasteiger partial charge in [0.15, 0.2) is 0 Å². The minimum absolute atomic E-state index is 0.583. The van der Waals surface area contributed by atoms with E-state index in [0.717, 1.165) is 238 Å². The molecule has 0 bridgehead atoms. The molecule has 9 heterocycles. The van der Waals surface area contributed by atoms with Gasteiger partial charge < -0.3 is 27.0 Å². The lowest BCUT2D eigenvalue weighted by molar-refractivity contribution is 0.668. The zero-order valence-electron chi connectivity index (χ0n) is 75.8. The smallest absolute Gasteiger partial charge is 0.135 e. The van der Waals surface area contributed by atoms with Gasteiger partial charge in [-0.3, -0.25) is 0 Å². The first-order valence-corrected chi connectivity index (χ1v) is 46.6. The molecule has 0 aliphatic heterocycles. The van der Waals surface area contributed by atoms with Crippen LogP contribution >= 0.6 is 0 Å². The molecule has 18 aromatic carbocycles. The number of furan rings is 3. The molecule has 0 saturated heterocycles. The van der Waals surface area contributed by atoms with Gasteiger partial charge in [0.25, 0.3) is 0 Å². The van der Waals surface area contributed by atoms with Crippen LogP contribution in [-0.2, 0) is 0 Å². The number of rotatable bonds is 12. The molecule has 0 saturated carbocycles. The summed E-state index contributed by atoms with van der Waals surface area (Å²) in [7, 11) is 0. The van der Waals surface area contributed by atoms with Crippen molar-refractivity contribution in [3.05, 3.63) is 471 Å². The van der Waals surface area contributed by atoms with Crippen LogP contribution in [0.4, 0.5) is 0 Å². The molecule has 0 unspecified atom stereocenters. The third kappa shape index (κ3) is 14.9. The van der Waals surface area contributed by atoms with Crippen molar-refractivity contribution in [3.8, 4) is 148 Å². The number of hydrogen-bond donors (Lipinski definition) is 0. The van der Waals surface area contributed by atoms with Crippen molar-refractivity contribution >= 4 is 131 Å². The molecule has 142 heavy (non-hydrogen) atoms. The van der Waals surface area contributed by atoms with Gasteiger partial charge in [0.2, 0.25) is 0 Å². The normalized spacial score (nSPS) is 11.3. The first-order chi connectivity index (χ1) is 70.1. The number of pyridine rings is 3. The third-order valence-electron chi connectivity index (χ3n) is 26.9. The maximum Gasteiger partial charge on any atom is 0.135 e. The molecule has 9 aromatic heterocycles. The van der Waals surface area contributed by atoms with Crippen molar-refractivity contribution in [1.82, 2.24) is 28.7 Å². The second kappa shape index (κ2) is 34.8. The van der Waals surface area contributed by atoms with E-state index in [1.165, 1.54) is 10.8 Å². The van der Waals surface area contributed by atoms with Gasteiger partial charge in [0.05, 0.1) is 125 Å². The molecule has 0 radical (unpaired) electrons. The van der Waals surface area contributed by atoms with Crippen LogP contribution in [0.3, 0.4) is 0 Å². The first-order valence-electron chi connectivity index (χ1n) is 46.6. The lowest BCUT2D eigenvalue weighted by Gasteiger charge is -2.14. The second-order valence-electron chi connectivity index (χ2n) is 35.3. The highest BCUT2D eigenvalue weighted by molar-refractivity contribution is 6.14. The summed E-state index contributed by atoms with van der Waals surface area (Å²) >= 11 is 0. The summed E-state index contributed by atoms with van der Waals surface area (Å²) in [5.74, 6) is 0. The average Bonchev–Trinajstić information content (AvgIpc) is 1.60. The Balaban J connectivity index is 0.000000112. The number of hydrogen-bond acceptors (Lipinski definition) is 11. The number of nitriles is 5. The Labute approximate surface area is 813 Å². The van der Waals surface area contributed by atoms with Crippen LogP contribution in [0.1, 0.15) is 27.8 Å². The lowest BCUT2D eigenvalue weighted by atomic mass is 9.98. The summed E-state index contributed by atoms with van der Waals surface area (Å²) in [6.07, 6.45) is 0. The fourth-order valence-electron chi connectivity index (χ4n) is 20.2.